The van der Waals surface area contributed by atoms with Gasteiger partial charge >= 0.3 is 6.61 Å². The molecule has 1 atom stereocenters. The first kappa shape index (κ1) is 16.4. The molecule has 1 aromatic carbocycles. The van der Waals surface area contributed by atoms with Crippen LogP contribution in [0.15, 0.2) is 39.7 Å². The largest absolute Gasteiger partial charge is 0.435 e. The normalized spacial score (nSPS) is 12.3. The lowest BCUT2D eigenvalue weighted by Gasteiger charge is -2.17. The van der Waals surface area contributed by atoms with Gasteiger partial charge < -0.3 is 10.1 Å². The van der Waals surface area contributed by atoms with Crippen molar-refractivity contribution in [1.82, 2.24) is 9.78 Å². The number of anilines is 1. The lowest BCUT2D eigenvalue weighted by molar-refractivity contribution is -0.0498. The molecule has 1 heterocycles. The first-order valence-electron chi connectivity index (χ1n) is 6.41. The molecule has 0 aliphatic heterocycles. The molecule has 0 spiro atoms. The predicted molar refractivity (Wildman–Crippen MR) is 82.3 cm³/mol. The van der Waals surface area contributed by atoms with Crippen LogP contribution in [0, 0.1) is 0 Å². The van der Waals surface area contributed by atoms with Crippen molar-refractivity contribution >= 4 is 21.6 Å². The standard InChI is InChI=1S/C14H14BrF2N3O2/c1-8(9-3-5-10(6-4-9)22-14(16)17)19-11-7-18-20(2)13(21)12(11)15/h3-8,14,19H,1-2H3. The van der Waals surface area contributed by atoms with E-state index in [0.717, 1.165) is 5.56 Å². The molecule has 0 fully saturated rings. The summed E-state index contributed by atoms with van der Waals surface area (Å²) in [5.74, 6) is 0.0994. The average Bonchev–Trinajstić information content (AvgIpc) is 2.48. The van der Waals surface area contributed by atoms with E-state index in [2.05, 4.69) is 31.1 Å². The van der Waals surface area contributed by atoms with Crippen molar-refractivity contribution in [1.29, 1.82) is 0 Å². The number of rotatable bonds is 5. The Morgan fingerprint density at radius 1 is 1.32 bits per heavy atom. The van der Waals surface area contributed by atoms with Crippen LogP contribution in [0.5, 0.6) is 5.75 Å². The van der Waals surface area contributed by atoms with Gasteiger partial charge in [-0.05, 0) is 40.5 Å². The second kappa shape index (κ2) is 6.87. The quantitative estimate of drug-likeness (QED) is 0.873. The highest BCUT2D eigenvalue weighted by molar-refractivity contribution is 9.10. The highest BCUT2D eigenvalue weighted by Gasteiger charge is 2.12. The molecule has 5 nitrogen and oxygen atoms in total. The van der Waals surface area contributed by atoms with Crippen molar-refractivity contribution in [2.24, 2.45) is 7.05 Å². The maximum absolute atomic E-state index is 12.1. The van der Waals surface area contributed by atoms with E-state index in [1.807, 2.05) is 6.92 Å². The molecule has 2 aromatic rings. The molecule has 0 radical (unpaired) electrons. The SMILES string of the molecule is CC(Nc1cnn(C)c(=O)c1Br)c1ccc(OC(F)F)cc1. The zero-order chi connectivity index (χ0) is 16.3. The summed E-state index contributed by atoms with van der Waals surface area (Å²) in [6.45, 7) is -0.962. The number of nitrogens with zero attached hydrogens (tertiary/aromatic N) is 2. The lowest BCUT2D eigenvalue weighted by atomic mass is 10.1. The van der Waals surface area contributed by atoms with Crippen molar-refractivity contribution < 1.29 is 13.5 Å². The minimum atomic E-state index is -2.84. The van der Waals surface area contributed by atoms with E-state index in [1.54, 1.807) is 19.2 Å². The molecule has 0 saturated heterocycles. The molecule has 118 valence electrons. The second-order valence-corrected chi connectivity index (χ2v) is 5.41. The molecule has 0 aliphatic rings. The molecule has 0 saturated carbocycles. The Morgan fingerprint density at radius 3 is 2.55 bits per heavy atom. The molecule has 1 unspecified atom stereocenters. The predicted octanol–water partition coefficient (Wildman–Crippen LogP) is 3.32. The van der Waals surface area contributed by atoms with Gasteiger partial charge in [-0.2, -0.15) is 13.9 Å². The number of aryl methyl sites for hydroxylation is 1. The highest BCUT2D eigenvalue weighted by Crippen LogP contribution is 2.24. The maximum Gasteiger partial charge on any atom is 0.387 e. The topological polar surface area (TPSA) is 56.2 Å². The highest BCUT2D eigenvalue weighted by atomic mass is 79.9. The number of alkyl halides is 2. The molecule has 2 rings (SSSR count). The van der Waals surface area contributed by atoms with Crippen LogP contribution in [0.4, 0.5) is 14.5 Å². The Hall–Kier alpha value is -1.96. The van der Waals surface area contributed by atoms with Crippen LogP contribution in [-0.4, -0.2) is 16.4 Å². The van der Waals surface area contributed by atoms with Crippen molar-refractivity contribution in [2.45, 2.75) is 19.6 Å². The Bertz CT molecular complexity index is 704. The first-order chi connectivity index (χ1) is 10.4. The van der Waals surface area contributed by atoms with E-state index in [0.29, 0.717) is 10.2 Å². The van der Waals surface area contributed by atoms with Crippen LogP contribution in [0.3, 0.4) is 0 Å². The molecule has 0 aliphatic carbocycles. The summed E-state index contributed by atoms with van der Waals surface area (Å²) in [6.07, 6.45) is 1.54. The van der Waals surface area contributed by atoms with Gasteiger partial charge in [0.15, 0.2) is 0 Å². The van der Waals surface area contributed by atoms with Crippen LogP contribution < -0.4 is 15.6 Å². The maximum atomic E-state index is 12.1. The van der Waals surface area contributed by atoms with E-state index in [-0.39, 0.29) is 17.4 Å². The Balaban J connectivity index is 2.14. The van der Waals surface area contributed by atoms with E-state index >= 15 is 0 Å². The smallest absolute Gasteiger partial charge is 0.387 e. The lowest BCUT2D eigenvalue weighted by Crippen LogP contribution is -2.22. The Kier molecular flexibility index (Phi) is 5.12. The minimum absolute atomic E-state index is 0.0994. The summed E-state index contributed by atoms with van der Waals surface area (Å²) >= 11 is 3.23. The molecule has 8 heteroatoms. The molecule has 0 bridgehead atoms. The summed E-state index contributed by atoms with van der Waals surface area (Å²) in [4.78, 5) is 11.8. The van der Waals surface area contributed by atoms with Gasteiger partial charge in [-0.15, -0.1) is 0 Å². The third-order valence-corrected chi connectivity index (χ3v) is 3.82. The van der Waals surface area contributed by atoms with E-state index in [1.165, 1.54) is 23.0 Å². The van der Waals surface area contributed by atoms with Crippen molar-refractivity contribution in [3.8, 4) is 5.75 Å². The number of hydrogen-bond acceptors (Lipinski definition) is 4. The summed E-state index contributed by atoms with van der Waals surface area (Å²) in [5, 5.41) is 7.08. The van der Waals surface area contributed by atoms with E-state index < -0.39 is 6.61 Å². The van der Waals surface area contributed by atoms with Gasteiger partial charge in [-0.25, -0.2) is 4.68 Å². The van der Waals surface area contributed by atoms with Crippen LogP contribution >= 0.6 is 15.9 Å². The molecule has 0 amide bonds. The van der Waals surface area contributed by atoms with Crippen LogP contribution in [0.25, 0.3) is 0 Å². The van der Waals surface area contributed by atoms with Gasteiger partial charge in [0, 0.05) is 13.1 Å². The number of nitrogens with one attached hydrogen (secondary N) is 1. The molecular weight excluding hydrogens is 360 g/mol. The number of hydrogen-bond donors (Lipinski definition) is 1. The summed E-state index contributed by atoms with van der Waals surface area (Å²) in [6, 6.07) is 6.15. The van der Waals surface area contributed by atoms with Gasteiger partial charge in [0.1, 0.15) is 10.2 Å². The van der Waals surface area contributed by atoms with Crippen molar-refractivity contribution in [2.75, 3.05) is 5.32 Å². The van der Waals surface area contributed by atoms with E-state index in [4.69, 9.17) is 0 Å². The fourth-order valence-electron chi connectivity index (χ4n) is 1.87. The van der Waals surface area contributed by atoms with Crippen molar-refractivity contribution in [3.63, 3.8) is 0 Å². The van der Waals surface area contributed by atoms with Crippen molar-refractivity contribution in [3.05, 3.63) is 50.9 Å². The zero-order valence-electron chi connectivity index (χ0n) is 11.9. The number of ether oxygens (including phenoxy) is 1. The Morgan fingerprint density at radius 2 is 1.95 bits per heavy atom. The van der Waals surface area contributed by atoms with E-state index in [9.17, 15) is 13.6 Å². The van der Waals surface area contributed by atoms with Gasteiger partial charge in [0.25, 0.3) is 5.56 Å². The molecular formula is C14H14BrF2N3O2. The van der Waals surface area contributed by atoms with Crippen LogP contribution in [0.2, 0.25) is 0 Å². The molecule has 1 N–H and O–H groups in total. The average molecular weight is 374 g/mol. The van der Waals surface area contributed by atoms with Gasteiger partial charge in [-0.1, -0.05) is 12.1 Å². The molecule has 22 heavy (non-hydrogen) atoms. The first-order valence-corrected chi connectivity index (χ1v) is 7.21. The van der Waals surface area contributed by atoms with Gasteiger partial charge in [0.2, 0.25) is 0 Å². The number of halogens is 3. The van der Waals surface area contributed by atoms with Gasteiger partial charge in [0.05, 0.1) is 11.9 Å². The second-order valence-electron chi connectivity index (χ2n) is 4.61. The Labute approximate surface area is 134 Å². The third kappa shape index (κ3) is 3.82. The molecule has 1 aromatic heterocycles. The third-order valence-electron chi connectivity index (χ3n) is 3.06. The zero-order valence-corrected chi connectivity index (χ0v) is 13.5. The van der Waals surface area contributed by atoms with Crippen LogP contribution in [0.1, 0.15) is 18.5 Å². The monoisotopic (exact) mass is 373 g/mol. The summed E-state index contributed by atoms with van der Waals surface area (Å²) in [5.41, 5.74) is 1.16. The summed E-state index contributed by atoms with van der Waals surface area (Å²) < 4.78 is 30.1. The summed E-state index contributed by atoms with van der Waals surface area (Å²) in [7, 11) is 1.56. The number of aromatic nitrogens is 2. The van der Waals surface area contributed by atoms with Gasteiger partial charge in [-0.3, -0.25) is 4.79 Å². The minimum Gasteiger partial charge on any atom is -0.435 e. The van der Waals surface area contributed by atoms with Crippen LogP contribution in [-0.2, 0) is 7.05 Å². The fraction of sp³-hybridized carbons (Fsp3) is 0.286. The number of benzene rings is 1. The fourth-order valence-corrected chi connectivity index (χ4v) is 2.34.